The Labute approximate surface area is 89.2 Å². The van der Waals surface area contributed by atoms with Crippen LogP contribution in [0.15, 0.2) is 18.6 Å². The minimum Gasteiger partial charge on any atom is -0.319 e. The summed E-state index contributed by atoms with van der Waals surface area (Å²) < 4.78 is 25.2. The maximum Gasteiger partial charge on any atom is 0.213 e. The molecule has 0 aliphatic heterocycles. The maximum absolute atomic E-state index is 11.4. The first-order valence-electron chi connectivity index (χ1n) is 4.51. The average molecular weight is 230 g/mol. The first-order valence-corrected chi connectivity index (χ1v) is 6.16. The molecule has 15 heavy (non-hydrogen) atoms. The molecule has 0 aliphatic rings. The quantitative estimate of drug-likeness (QED) is 0.662. The molecule has 0 fully saturated rings. The van der Waals surface area contributed by atoms with Gasteiger partial charge in [-0.15, -0.1) is 0 Å². The summed E-state index contributed by atoms with van der Waals surface area (Å²) in [6.07, 6.45) is 2.96. The molecule has 0 saturated carbocycles. The van der Waals surface area contributed by atoms with Gasteiger partial charge in [-0.05, 0) is 13.1 Å². The molecule has 1 aromatic rings. The molecule has 0 aliphatic carbocycles. The van der Waals surface area contributed by atoms with E-state index in [1.54, 1.807) is 19.3 Å². The Hall–Kier alpha value is -1.05. The third-order valence-corrected chi connectivity index (χ3v) is 3.06. The normalized spacial score (nSPS) is 11.5. The molecular weight excluding hydrogens is 216 g/mol. The summed E-state index contributed by atoms with van der Waals surface area (Å²) in [5, 5.41) is 2.78. The van der Waals surface area contributed by atoms with E-state index in [-0.39, 0.29) is 12.3 Å². The molecule has 6 nitrogen and oxygen atoms in total. The molecule has 84 valence electrons. The molecule has 2 N–H and O–H groups in total. The van der Waals surface area contributed by atoms with Gasteiger partial charge in [0.2, 0.25) is 10.0 Å². The second-order valence-electron chi connectivity index (χ2n) is 2.94. The summed E-state index contributed by atoms with van der Waals surface area (Å²) in [6, 6.07) is 1.67. The fraction of sp³-hybridized carbons (Fsp3) is 0.500. The van der Waals surface area contributed by atoms with Crippen LogP contribution in [0.3, 0.4) is 0 Å². The molecular formula is C8H14N4O2S. The summed E-state index contributed by atoms with van der Waals surface area (Å²) in [6.45, 7) is 0.633. The zero-order valence-corrected chi connectivity index (χ0v) is 9.29. The van der Waals surface area contributed by atoms with Crippen molar-refractivity contribution in [3.63, 3.8) is 0 Å². The van der Waals surface area contributed by atoms with Crippen molar-refractivity contribution < 1.29 is 8.42 Å². The van der Waals surface area contributed by atoms with Crippen LogP contribution in [0.4, 0.5) is 0 Å². The van der Waals surface area contributed by atoms with Crippen molar-refractivity contribution in [1.29, 1.82) is 0 Å². The summed E-state index contributed by atoms with van der Waals surface area (Å²) in [7, 11) is -1.51. The third kappa shape index (κ3) is 4.82. The Bertz CT molecular complexity index is 379. The highest BCUT2D eigenvalue weighted by Gasteiger charge is 2.08. The minimum atomic E-state index is -3.21. The second-order valence-corrected chi connectivity index (χ2v) is 4.87. The Balaban J connectivity index is 2.43. The molecule has 0 amide bonds. The Morgan fingerprint density at radius 3 is 2.87 bits per heavy atom. The van der Waals surface area contributed by atoms with E-state index in [0.29, 0.717) is 12.2 Å². The number of aromatic nitrogens is 2. The van der Waals surface area contributed by atoms with Gasteiger partial charge in [0.15, 0.2) is 0 Å². The molecule has 0 spiro atoms. The number of nitrogens with zero attached hydrogens (tertiary/aromatic N) is 2. The van der Waals surface area contributed by atoms with Gasteiger partial charge in [0.25, 0.3) is 0 Å². The van der Waals surface area contributed by atoms with Gasteiger partial charge in [-0.25, -0.2) is 23.1 Å². The fourth-order valence-corrected chi connectivity index (χ4v) is 1.90. The number of rotatable bonds is 6. The highest BCUT2D eigenvalue weighted by atomic mass is 32.2. The molecule has 1 rings (SSSR count). The van der Waals surface area contributed by atoms with Gasteiger partial charge in [0.05, 0.1) is 18.0 Å². The van der Waals surface area contributed by atoms with Crippen LogP contribution in [0.5, 0.6) is 0 Å². The van der Waals surface area contributed by atoms with Crippen molar-refractivity contribution in [2.24, 2.45) is 0 Å². The molecule has 0 bridgehead atoms. The predicted octanol–water partition coefficient (Wildman–Crippen LogP) is -0.885. The van der Waals surface area contributed by atoms with E-state index in [1.165, 1.54) is 6.33 Å². The molecule has 0 unspecified atom stereocenters. The Kier molecular flexibility index (Phi) is 4.60. The molecule has 0 aromatic carbocycles. The van der Waals surface area contributed by atoms with Crippen molar-refractivity contribution in [3.05, 3.63) is 24.3 Å². The first kappa shape index (κ1) is 12.0. The van der Waals surface area contributed by atoms with E-state index < -0.39 is 10.0 Å². The molecule has 7 heteroatoms. The number of hydrogen-bond acceptors (Lipinski definition) is 5. The van der Waals surface area contributed by atoms with Crippen LogP contribution in [0.25, 0.3) is 0 Å². The van der Waals surface area contributed by atoms with Gasteiger partial charge < -0.3 is 5.32 Å². The average Bonchev–Trinajstić information content (AvgIpc) is 2.25. The largest absolute Gasteiger partial charge is 0.319 e. The van der Waals surface area contributed by atoms with Crippen LogP contribution in [-0.2, 0) is 16.6 Å². The standard InChI is InChI=1S/C8H14N4O2S/c1-9-4-5-15(13,14)12-6-8-2-3-10-7-11-8/h2-3,7,9,12H,4-6H2,1H3. The number of sulfonamides is 1. The van der Waals surface area contributed by atoms with E-state index in [4.69, 9.17) is 0 Å². The minimum absolute atomic E-state index is 0.0641. The van der Waals surface area contributed by atoms with Crippen LogP contribution in [0.2, 0.25) is 0 Å². The van der Waals surface area contributed by atoms with Gasteiger partial charge in [0.1, 0.15) is 6.33 Å². The maximum atomic E-state index is 11.4. The summed E-state index contributed by atoms with van der Waals surface area (Å²) in [5.41, 5.74) is 0.651. The van der Waals surface area contributed by atoms with E-state index >= 15 is 0 Å². The van der Waals surface area contributed by atoms with Crippen molar-refractivity contribution in [1.82, 2.24) is 20.0 Å². The van der Waals surface area contributed by atoms with Crippen LogP contribution in [0.1, 0.15) is 5.69 Å². The summed E-state index contributed by atoms with van der Waals surface area (Å²) >= 11 is 0. The lowest BCUT2D eigenvalue weighted by atomic mass is 10.4. The van der Waals surface area contributed by atoms with Crippen molar-refractivity contribution >= 4 is 10.0 Å². The van der Waals surface area contributed by atoms with Gasteiger partial charge in [-0.2, -0.15) is 0 Å². The van der Waals surface area contributed by atoms with Crippen molar-refractivity contribution in [2.75, 3.05) is 19.3 Å². The van der Waals surface area contributed by atoms with Gasteiger partial charge >= 0.3 is 0 Å². The number of hydrogen-bond donors (Lipinski definition) is 2. The van der Waals surface area contributed by atoms with E-state index in [0.717, 1.165) is 0 Å². The smallest absolute Gasteiger partial charge is 0.213 e. The highest BCUT2D eigenvalue weighted by molar-refractivity contribution is 7.89. The summed E-state index contributed by atoms with van der Waals surface area (Å²) in [4.78, 5) is 7.65. The van der Waals surface area contributed by atoms with Gasteiger partial charge in [0, 0.05) is 12.7 Å². The van der Waals surface area contributed by atoms with Crippen LogP contribution in [0, 0.1) is 0 Å². The Morgan fingerprint density at radius 2 is 2.27 bits per heavy atom. The van der Waals surface area contributed by atoms with E-state index in [2.05, 4.69) is 20.0 Å². The van der Waals surface area contributed by atoms with E-state index in [9.17, 15) is 8.42 Å². The van der Waals surface area contributed by atoms with Crippen LogP contribution in [-0.4, -0.2) is 37.7 Å². The molecule has 0 atom stereocenters. The monoisotopic (exact) mass is 230 g/mol. The molecule has 0 saturated heterocycles. The van der Waals surface area contributed by atoms with Gasteiger partial charge in [-0.3, -0.25) is 0 Å². The third-order valence-electron chi connectivity index (χ3n) is 1.74. The topological polar surface area (TPSA) is 84.0 Å². The molecule has 1 heterocycles. The fourth-order valence-electron chi connectivity index (χ4n) is 0.915. The van der Waals surface area contributed by atoms with Crippen LogP contribution < -0.4 is 10.0 Å². The first-order chi connectivity index (χ1) is 7.14. The SMILES string of the molecule is CNCCS(=O)(=O)NCc1ccncn1. The van der Waals surface area contributed by atoms with Crippen molar-refractivity contribution in [3.8, 4) is 0 Å². The lowest BCUT2D eigenvalue weighted by Crippen LogP contribution is -2.30. The number of nitrogens with one attached hydrogen (secondary N) is 2. The van der Waals surface area contributed by atoms with Gasteiger partial charge in [-0.1, -0.05) is 0 Å². The van der Waals surface area contributed by atoms with E-state index in [1.807, 2.05) is 0 Å². The lowest BCUT2D eigenvalue weighted by molar-refractivity contribution is 0.578. The molecule has 1 aromatic heterocycles. The lowest BCUT2D eigenvalue weighted by Gasteiger charge is -2.05. The van der Waals surface area contributed by atoms with Crippen molar-refractivity contribution in [2.45, 2.75) is 6.54 Å². The zero-order valence-electron chi connectivity index (χ0n) is 8.47. The predicted molar refractivity (Wildman–Crippen MR) is 56.6 cm³/mol. The molecule has 0 radical (unpaired) electrons. The second kappa shape index (κ2) is 5.74. The zero-order chi connectivity index (χ0) is 11.1. The summed E-state index contributed by atoms with van der Waals surface area (Å²) in [5.74, 6) is 0.0641. The Morgan fingerprint density at radius 1 is 1.47 bits per heavy atom. The van der Waals surface area contributed by atoms with Crippen LogP contribution >= 0.6 is 0 Å². The highest BCUT2D eigenvalue weighted by Crippen LogP contribution is 1.92.